The lowest BCUT2D eigenvalue weighted by atomic mass is 9.89. The zero-order valence-electron chi connectivity index (χ0n) is 14.4. The van der Waals surface area contributed by atoms with E-state index in [0.29, 0.717) is 21.6 Å². The monoisotopic (exact) mass is 389 g/mol. The summed E-state index contributed by atoms with van der Waals surface area (Å²) in [6.45, 7) is 2.22. The van der Waals surface area contributed by atoms with Crippen LogP contribution in [0.4, 0.5) is 5.00 Å². The molecule has 2 aromatic heterocycles. The van der Waals surface area contributed by atoms with Gasteiger partial charge in [-0.15, -0.1) is 16.4 Å². The van der Waals surface area contributed by atoms with E-state index in [1.165, 1.54) is 28.0 Å². The minimum Gasteiger partial charge on any atom is -0.316 e. The van der Waals surface area contributed by atoms with Gasteiger partial charge >= 0.3 is 5.69 Å². The van der Waals surface area contributed by atoms with Gasteiger partial charge in [0.1, 0.15) is 11.1 Å². The number of amides is 1. The van der Waals surface area contributed by atoms with Crippen LogP contribution in [0.25, 0.3) is 0 Å². The molecule has 7 nitrogen and oxygen atoms in total. The summed E-state index contributed by atoms with van der Waals surface area (Å²) >= 11 is 2.76. The first-order valence-corrected chi connectivity index (χ1v) is 10.5. The molecule has 136 valence electrons. The van der Waals surface area contributed by atoms with Gasteiger partial charge in [-0.25, -0.2) is 9.89 Å². The van der Waals surface area contributed by atoms with E-state index in [9.17, 15) is 14.9 Å². The second-order valence-corrected chi connectivity index (χ2v) is 8.96. The van der Waals surface area contributed by atoms with Crippen molar-refractivity contribution in [2.45, 2.75) is 50.2 Å². The number of hydrogen-bond donors (Lipinski definition) is 2. The molecular formula is C17H19N5O2S2. The van der Waals surface area contributed by atoms with Crippen LogP contribution in [0.1, 0.15) is 48.2 Å². The van der Waals surface area contributed by atoms with Gasteiger partial charge in [-0.1, -0.05) is 18.7 Å². The predicted molar refractivity (Wildman–Crippen MR) is 101 cm³/mol. The molecule has 4 rings (SSSR count). The standard InChI is InChI=1S/C17H19N5O2S2/c1-9-2-5-11-12(7-18)15(26-13(11)6-9)19-14(23)8-25-17-21-20-16(24)22(17)10-3-4-10/h9-10H,2-6,8H2,1H3,(H,19,23)(H,20,24)/t9-/m1/s1. The number of aromatic amines is 1. The summed E-state index contributed by atoms with van der Waals surface area (Å²) in [4.78, 5) is 25.4. The van der Waals surface area contributed by atoms with E-state index < -0.39 is 0 Å². The van der Waals surface area contributed by atoms with Crippen LogP contribution < -0.4 is 11.0 Å². The fraction of sp³-hybridized carbons (Fsp3) is 0.529. The number of thioether (sulfide) groups is 1. The van der Waals surface area contributed by atoms with Gasteiger partial charge in [0.2, 0.25) is 5.91 Å². The molecule has 2 N–H and O–H groups in total. The van der Waals surface area contributed by atoms with E-state index in [2.05, 4.69) is 28.5 Å². The average molecular weight is 390 g/mol. The van der Waals surface area contributed by atoms with Crippen molar-refractivity contribution in [1.82, 2.24) is 14.8 Å². The lowest BCUT2D eigenvalue weighted by Crippen LogP contribution is -2.17. The molecule has 0 radical (unpaired) electrons. The number of carbonyl (C=O) groups is 1. The number of aromatic nitrogens is 3. The van der Waals surface area contributed by atoms with Gasteiger partial charge in [-0.2, -0.15) is 5.26 Å². The second kappa shape index (κ2) is 6.93. The summed E-state index contributed by atoms with van der Waals surface area (Å²) in [6, 6.07) is 2.47. The number of nitrogens with zero attached hydrogens (tertiary/aromatic N) is 3. The van der Waals surface area contributed by atoms with Crippen molar-refractivity contribution in [3.05, 3.63) is 26.5 Å². The van der Waals surface area contributed by atoms with Crippen molar-refractivity contribution >= 4 is 34.0 Å². The number of nitriles is 1. The number of fused-ring (bicyclic) bond motifs is 1. The van der Waals surface area contributed by atoms with Crippen molar-refractivity contribution in [3.63, 3.8) is 0 Å². The summed E-state index contributed by atoms with van der Waals surface area (Å²) in [5.41, 5.74) is 1.50. The van der Waals surface area contributed by atoms with Crippen molar-refractivity contribution in [2.75, 3.05) is 11.1 Å². The molecule has 2 aliphatic rings. The van der Waals surface area contributed by atoms with Crippen LogP contribution in [0.2, 0.25) is 0 Å². The Morgan fingerprint density at radius 1 is 1.50 bits per heavy atom. The maximum absolute atomic E-state index is 12.4. The summed E-state index contributed by atoms with van der Waals surface area (Å²) < 4.78 is 1.63. The third-order valence-electron chi connectivity index (χ3n) is 4.79. The Bertz CT molecular complexity index is 947. The molecular weight excluding hydrogens is 370 g/mol. The largest absolute Gasteiger partial charge is 0.344 e. The second-order valence-electron chi connectivity index (χ2n) is 6.92. The van der Waals surface area contributed by atoms with Gasteiger partial charge in [-0.05, 0) is 43.6 Å². The molecule has 0 unspecified atom stereocenters. The average Bonchev–Trinajstić information content (AvgIpc) is 3.29. The minimum atomic E-state index is -0.220. The summed E-state index contributed by atoms with van der Waals surface area (Å²) in [6.07, 6.45) is 4.91. The fourth-order valence-corrected chi connectivity index (χ4v) is 5.49. The molecule has 1 saturated carbocycles. The molecule has 26 heavy (non-hydrogen) atoms. The third kappa shape index (κ3) is 3.31. The minimum absolute atomic E-state index is 0.154. The van der Waals surface area contributed by atoms with Crippen LogP contribution in [-0.4, -0.2) is 26.4 Å². The summed E-state index contributed by atoms with van der Waals surface area (Å²) in [5.74, 6) is 0.586. The molecule has 9 heteroatoms. The predicted octanol–water partition coefficient (Wildman–Crippen LogP) is 2.70. The van der Waals surface area contributed by atoms with Crippen LogP contribution in [0.15, 0.2) is 9.95 Å². The fourth-order valence-electron chi connectivity index (χ4n) is 3.30. The van der Waals surface area contributed by atoms with E-state index in [1.54, 1.807) is 4.57 Å². The molecule has 2 aromatic rings. The Morgan fingerprint density at radius 2 is 2.31 bits per heavy atom. The lowest BCUT2D eigenvalue weighted by Gasteiger charge is -2.17. The highest BCUT2D eigenvalue weighted by Gasteiger charge is 2.29. The molecule has 2 heterocycles. The maximum atomic E-state index is 12.4. The molecule has 0 bridgehead atoms. The van der Waals surface area contributed by atoms with E-state index in [4.69, 9.17) is 0 Å². The van der Waals surface area contributed by atoms with Crippen LogP contribution in [0.3, 0.4) is 0 Å². The highest BCUT2D eigenvalue weighted by molar-refractivity contribution is 7.99. The summed E-state index contributed by atoms with van der Waals surface area (Å²) in [7, 11) is 0. The SMILES string of the molecule is C[C@@H]1CCc2c(sc(NC(=O)CSc3n[nH]c(=O)n3C3CC3)c2C#N)C1. The van der Waals surface area contributed by atoms with Gasteiger partial charge in [0.15, 0.2) is 5.16 Å². The number of rotatable bonds is 5. The van der Waals surface area contributed by atoms with Gasteiger partial charge in [0, 0.05) is 10.9 Å². The quantitative estimate of drug-likeness (QED) is 0.765. The Kier molecular flexibility index (Phi) is 4.63. The van der Waals surface area contributed by atoms with E-state index in [-0.39, 0.29) is 23.4 Å². The zero-order chi connectivity index (χ0) is 18.3. The van der Waals surface area contributed by atoms with E-state index in [0.717, 1.165) is 37.7 Å². The Morgan fingerprint density at radius 3 is 3.04 bits per heavy atom. The number of H-pyrrole nitrogens is 1. The van der Waals surface area contributed by atoms with Gasteiger partial charge in [-0.3, -0.25) is 9.36 Å². The molecule has 2 aliphatic carbocycles. The van der Waals surface area contributed by atoms with Crippen molar-refractivity contribution in [2.24, 2.45) is 5.92 Å². The Labute approximate surface area is 158 Å². The first-order valence-electron chi connectivity index (χ1n) is 8.71. The van der Waals surface area contributed by atoms with Crippen LogP contribution in [0, 0.1) is 17.2 Å². The molecule has 0 spiro atoms. The molecule has 1 atom stereocenters. The number of hydrogen-bond acceptors (Lipinski definition) is 6. The number of nitrogens with one attached hydrogen (secondary N) is 2. The zero-order valence-corrected chi connectivity index (χ0v) is 16.0. The highest BCUT2D eigenvalue weighted by Crippen LogP contribution is 2.39. The lowest BCUT2D eigenvalue weighted by molar-refractivity contribution is -0.113. The topological polar surface area (TPSA) is 104 Å². The smallest absolute Gasteiger partial charge is 0.316 e. The van der Waals surface area contributed by atoms with Crippen LogP contribution in [0.5, 0.6) is 0 Å². The van der Waals surface area contributed by atoms with Gasteiger partial charge in [0.25, 0.3) is 0 Å². The third-order valence-corrected chi connectivity index (χ3v) is 6.92. The molecule has 1 amide bonds. The van der Waals surface area contributed by atoms with Crippen LogP contribution in [-0.2, 0) is 17.6 Å². The number of carbonyl (C=O) groups excluding carboxylic acids is 1. The summed E-state index contributed by atoms with van der Waals surface area (Å²) in [5, 5.41) is 20.1. The molecule has 0 aromatic carbocycles. The molecule has 0 saturated heterocycles. The first kappa shape index (κ1) is 17.4. The number of thiophene rings is 1. The molecule has 1 fully saturated rings. The Balaban J connectivity index is 1.44. The van der Waals surface area contributed by atoms with Crippen molar-refractivity contribution in [3.8, 4) is 6.07 Å². The van der Waals surface area contributed by atoms with E-state index >= 15 is 0 Å². The number of anilines is 1. The highest BCUT2D eigenvalue weighted by atomic mass is 32.2. The normalized spacial score (nSPS) is 19.0. The Hall–Kier alpha value is -2.05. The maximum Gasteiger partial charge on any atom is 0.344 e. The van der Waals surface area contributed by atoms with Gasteiger partial charge < -0.3 is 5.32 Å². The molecule has 0 aliphatic heterocycles. The van der Waals surface area contributed by atoms with E-state index in [1.807, 2.05) is 0 Å². The van der Waals surface area contributed by atoms with Gasteiger partial charge in [0.05, 0.1) is 11.3 Å². The van der Waals surface area contributed by atoms with Crippen molar-refractivity contribution in [1.29, 1.82) is 5.26 Å². The first-order chi connectivity index (χ1) is 12.6. The van der Waals surface area contributed by atoms with Crippen molar-refractivity contribution < 1.29 is 4.79 Å². The van der Waals surface area contributed by atoms with Crippen LogP contribution >= 0.6 is 23.1 Å².